The molecule has 7 heteroatoms. The number of rotatable bonds is 7. The highest BCUT2D eigenvalue weighted by Crippen LogP contribution is 2.27. The second-order valence-electron chi connectivity index (χ2n) is 5.35. The van der Waals surface area contributed by atoms with Gasteiger partial charge in [0.05, 0.1) is 19.2 Å². The second-order valence-corrected chi connectivity index (χ2v) is 6.17. The van der Waals surface area contributed by atoms with Gasteiger partial charge in [-0.05, 0) is 54.7 Å². The summed E-state index contributed by atoms with van der Waals surface area (Å²) in [7, 11) is 5.27. The highest BCUT2D eigenvalue weighted by atomic mass is 35.5. The van der Waals surface area contributed by atoms with Crippen molar-refractivity contribution in [3.05, 3.63) is 47.5 Å². The standard InChI is InChI=1S/C18H22ClN3O2S/c1-22(14-5-7-15(23-2)8-6-14)11-10-20-18(25)21-13-4-9-17(24-3)16(19)12-13/h4-9,12H,10-11H2,1-3H3,(H2,20,21,25). The molecule has 25 heavy (non-hydrogen) atoms. The quantitative estimate of drug-likeness (QED) is 0.714. The Balaban J connectivity index is 1.78. The first kappa shape index (κ1) is 19.1. The van der Waals surface area contributed by atoms with Crippen LogP contribution in [-0.4, -0.2) is 39.5 Å². The number of methoxy groups -OCH3 is 2. The third kappa shape index (κ3) is 5.69. The van der Waals surface area contributed by atoms with Gasteiger partial charge in [-0.25, -0.2) is 0 Å². The molecule has 5 nitrogen and oxygen atoms in total. The van der Waals surface area contributed by atoms with E-state index in [-0.39, 0.29) is 0 Å². The van der Waals surface area contributed by atoms with Gasteiger partial charge in [0.15, 0.2) is 5.11 Å². The number of hydrogen-bond donors (Lipinski definition) is 2. The van der Waals surface area contributed by atoms with Crippen LogP contribution in [0.5, 0.6) is 11.5 Å². The van der Waals surface area contributed by atoms with Crippen molar-refractivity contribution in [3.8, 4) is 11.5 Å². The Morgan fingerprint density at radius 1 is 1.12 bits per heavy atom. The summed E-state index contributed by atoms with van der Waals surface area (Å²) < 4.78 is 10.3. The maximum absolute atomic E-state index is 6.10. The Morgan fingerprint density at radius 2 is 1.84 bits per heavy atom. The number of thiocarbonyl (C=S) groups is 1. The minimum atomic E-state index is 0.537. The van der Waals surface area contributed by atoms with Gasteiger partial charge in [-0.3, -0.25) is 0 Å². The fourth-order valence-corrected chi connectivity index (χ4v) is 2.70. The van der Waals surface area contributed by atoms with Gasteiger partial charge >= 0.3 is 0 Å². The van der Waals surface area contributed by atoms with E-state index in [0.717, 1.165) is 23.7 Å². The zero-order valence-electron chi connectivity index (χ0n) is 14.5. The molecular formula is C18H22ClN3O2S. The van der Waals surface area contributed by atoms with Crippen LogP contribution in [0.3, 0.4) is 0 Å². The molecule has 0 amide bonds. The fourth-order valence-electron chi connectivity index (χ4n) is 2.22. The maximum atomic E-state index is 6.10. The first-order valence-corrected chi connectivity index (χ1v) is 8.55. The second kappa shape index (κ2) is 9.34. The fraction of sp³-hybridized carbons (Fsp3) is 0.278. The molecule has 0 bridgehead atoms. The summed E-state index contributed by atoms with van der Waals surface area (Å²) in [5, 5.41) is 7.37. The molecule has 2 aromatic carbocycles. The number of benzene rings is 2. The lowest BCUT2D eigenvalue weighted by Crippen LogP contribution is -2.35. The molecule has 0 saturated carbocycles. The van der Waals surface area contributed by atoms with E-state index < -0.39 is 0 Å². The van der Waals surface area contributed by atoms with E-state index in [1.165, 1.54) is 0 Å². The Morgan fingerprint density at radius 3 is 2.44 bits per heavy atom. The van der Waals surface area contributed by atoms with Crippen molar-refractivity contribution in [2.24, 2.45) is 0 Å². The van der Waals surface area contributed by atoms with Crippen molar-refractivity contribution in [2.75, 3.05) is 44.6 Å². The molecular weight excluding hydrogens is 358 g/mol. The number of ether oxygens (including phenoxy) is 2. The van der Waals surface area contributed by atoms with E-state index in [9.17, 15) is 0 Å². The maximum Gasteiger partial charge on any atom is 0.170 e. The first-order chi connectivity index (χ1) is 12.0. The van der Waals surface area contributed by atoms with E-state index >= 15 is 0 Å². The van der Waals surface area contributed by atoms with Gasteiger partial charge in [-0.15, -0.1) is 0 Å². The lowest BCUT2D eigenvalue weighted by Gasteiger charge is -2.20. The Bertz CT molecular complexity index is 710. The number of nitrogens with one attached hydrogen (secondary N) is 2. The first-order valence-electron chi connectivity index (χ1n) is 7.77. The topological polar surface area (TPSA) is 45.8 Å². The minimum Gasteiger partial charge on any atom is -0.497 e. The molecule has 0 saturated heterocycles. The van der Waals surface area contributed by atoms with Crippen molar-refractivity contribution in [1.29, 1.82) is 0 Å². The average molecular weight is 380 g/mol. The molecule has 2 aromatic rings. The molecule has 0 aliphatic carbocycles. The smallest absolute Gasteiger partial charge is 0.170 e. The van der Waals surface area contributed by atoms with Crippen LogP contribution in [-0.2, 0) is 0 Å². The van der Waals surface area contributed by atoms with Crippen LogP contribution in [0.25, 0.3) is 0 Å². The van der Waals surface area contributed by atoms with E-state index in [4.69, 9.17) is 33.3 Å². The summed E-state index contributed by atoms with van der Waals surface area (Å²) in [4.78, 5) is 2.14. The summed E-state index contributed by atoms with van der Waals surface area (Å²) in [6.45, 7) is 1.51. The Hall–Kier alpha value is -2.18. The van der Waals surface area contributed by atoms with Gasteiger partial charge in [0.25, 0.3) is 0 Å². The Labute approximate surface area is 158 Å². The number of halogens is 1. The SMILES string of the molecule is COc1ccc(N(C)CCNC(=S)Nc2ccc(OC)c(Cl)c2)cc1. The molecule has 0 heterocycles. The summed E-state index contributed by atoms with van der Waals surface area (Å²) in [6, 6.07) is 13.4. The third-order valence-corrected chi connectivity index (χ3v) is 4.20. The van der Waals surface area contributed by atoms with Crippen LogP contribution < -0.4 is 25.0 Å². The minimum absolute atomic E-state index is 0.537. The number of nitrogens with zero attached hydrogens (tertiary/aromatic N) is 1. The summed E-state index contributed by atoms with van der Waals surface area (Å²) in [5.41, 5.74) is 1.93. The van der Waals surface area contributed by atoms with Crippen LogP contribution in [0, 0.1) is 0 Å². The van der Waals surface area contributed by atoms with Gasteiger partial charge in [0.2, 0.25) is 0 Å². The van der Waals surface area contributed by atoms with Crippen LogP contribution in [0.15, 0.2) is 42.5 Å². The lowest BCUT2D eigenvalue weighted by atomic mass is 10.3. The van der Waals surface area contributed by atoms with Gasteiger partial charge in [-0.1, -0.05) is 11.6 Å². The highest BCUT2D eigenvalue weighted by Gasteiger charge is 2.04. The average Bonchev–Trinajstić information content (AvgIpc) is 2.62. The van der Waals surface area contributed by atoms with E-state index in [1.54, 1.807) is 26.4 Å². The summed E-state index contributed by atoms with van der Waals surface area (Å²) in [6.07, 6.45) is 0. The van der Waals surface area contributed by atoms with Crippen molar-refractivity contribution in [1.82, 2.24) is 5.32 Å². The normalized spacial score (nSPS) is 10.1. The lowest BCUT2D eigenvalue weighted by molar-refractivity contribution is 0.415. The molecule has 0 unspecified atom stereocenters. The van der Waals surface area contributed by atoms with E-state index in [0.29, 0.717) is 22.4 Å². The summed E-state index contributed by atoms with van der Waals surface area (Å²) in [5.74, 6) is 1.48. The molecule has 134 valence electrons. The van der Waals surface area contributed by atoms with Gasteiger partial charge in [-0.2, -0.15) is 0 Å². The third-order valence-electron chi connectivity index (χ3n) is 3.66. The van der Waals surface area contributed by atoms with Crippen molar-refractivity contribution >= 4 is 40.3 Å². The largest absolute Gasteiger partial charge is 0.497 e. The van der Waals surface area contributed by atoms with Crippen molar-refractivity contribution in [3.63, 3.8) is 0 Å². The highest BCUT2D eigenvalue weighted by molar-refractivity contribution is 7.80. The van der Waals surface area contributed by atoms with E-state index in [2.05, 4.69) is 15.5 Å². The van der Waals surface area contributed by atoms with Crippen LogP contribution in [0.2, 0.25) is 5.02 Å². The zero-order valence-corrected chi connectivity index (χ0v) is 16.1. The van der Waals surface area contributed by atoms with Gasteiger partial charge in [0.1, 0.15) is 11.5 Å². The molecule has 2 rings (SSSR count). The van der Waals surface area contributed by atoms with Crippen molar-refractivity contribution < 1.29 is 9.47 Å². The van der Waals surface area contributed by atoms with Crippen LogP contribution in [0.1, 0.15) is 0 Å². The molecule has 0 spiro atoms. The van der Waals surface area contributed by atoms with Crippen LogP contribution >= 0.6 is 23.8 Å². The van der Waals surface area contributed by atoms with Crippen LogP contribution in [0.4, 0.5) is 11.4 Å². The predicted octanol–water partition coefficient (Wildman–Crippen LogP) is 3.78. The zero-order chi connectivity index (χ0) is 18.2. The summed E-state index contributed by atoms with van der Waals surface area (Å²) >= 11 is 11.4. The molecule has 0 aliphatic heterocycles. The molecule has 2 N–H and O–H groups in total. The predicted molar refractivity (Wildman–Crippen MR) is 108 cm³/mol. The number of likely N-dealkylation sites (N-methyl/N-ethyl adjacent to an activating group) is 1. The molecule has 0 atom stereocenters. The molecule has 0 radical (unpaired) electrons. The number of anilines is 2. The van der Waals surface area contributed by atoms with Gasteiger partial charge < -0.3 is 25.0 Å². The molecule has 0 aromatic heterocycles. The molecule has 0 aliphatic rings. The Kier molecular flexibility index (Phi) is 7.16. The monoisotopic (exact) mass is 379 g/mol. The van der Waals surface area contributed by atoms with E-state index in [1.807, 2.05) is 37.4 Å². The molecule has 0 fully saturated rings. The van der Waals surface area contributed by atoms with Gasteiger partial charge in [0, 0.05) is 31.5 Å². The van der Waals surface area contributed by atoms with Crippen molar-refractivity contribution in [2.45, 2.75) is 0 Å². The number of hydrogen-bond acceptors (Lipinski definition) is 4.